The number of fused-ring (bicyclic) bond motifs is 1. The zero-order valence-electron chi connectivity index (χ0n) is 10.3. The molecule has 96 valence electrons. The maximum absolute atomic E-state index is 10.5. The highest BCUT2D eigenvalue weighted by Crippen LogP contribution is 2.32. The first-order valence-electron chi connectivity index (χ1n) is 5.60. The number of methoxy groups -OCH3 is 1. The van der Waals surface area contributed by atoms with Gasteiger partial charge in [0, 0.05) is 18.2 Å². The number of ether oxygens (including phenoxy) is 1. The molecule has 0 aliphatic rings. The first kappa shape index (κ1) is 12.8. The van der Waals surface area contributed by atoms with E-state index in [1.165, 1.54) is 0 Å². The predicted octanol–water partition coefficient (Wildman–Crippen LogP) is 2.75. The minimum Gasteiger partial charge on any atom is -0.496 e. The predicted molar refractivity (Wildman–Crippen MR) is 72.4 cm³/mol. The third-order valence-electron chi connectivity index (χ3n) is 2.79. The summed E-state index contributed by atoms with van der Waals surface area (Å²) in [5.74, 6) is 0.647. The number of rotatable bonds is 5. The van der Waals surface area contributed by atoms with Crippen molar-refractivity contribution in [2.75, 3.05) is 12.9 Å². The number of hydrogen-bond donors (Lipinski definition) is 1. The van der Waals surface area contributed by atoms with Crippen molar-refractivity contribution in [3.05, 3.63) is 24.3 Å². The van der Waals surface area contributed by atoms with Crippen LogP contribution in [0.15, 0.2) is 29.3 Å². The summed E-state index contributed by atoms with van der Waals surface area (Å²) in [5.41, 5.74) is 1.09. The summed E-state index contributed by atoms with van der Waals surface area (Å²) in [6, 6.07) is 7.95. The van der Waals surface area contributed by atoms with Crippen LogP contribution in [0.2, 0.25) is 0 Å². The Bertz CT molecular complexity index is 577. The van der Waals surface area contributed by atoms with Gasteiger partial charge in [0.1, 0.15) is 5.75 Å². The molecule has 2 aromatic rings. The summed E-state index contributed by atoms with van der Waals surface area (Å²) in [6.07, 6.45) is 0.170. The Morgan fingerprint density at radius 3 is 2.94 bits per heavy atom. The minimum atomic E-state index is -0.765. The molecule has 0 fully saturated rings. The van der Waals surface area contributed by atoms with Crippen molar-refractivity contribution in [3.8, 4) is 5.75 Å². The van der Waals surface area contributed by atoms with Gasteiger partial charge in [-0.3, -0.25) is 4.79 Å². The number of carboxylic acid groups (broad SMARTS) is 1. The SMILES string of the molecule is COc1cccc2c1cc(SCCC(=O)O)n2C. The molecule has 2 rings (SSSR count). The summed E-state index contributed by atoms with van der Waals surface area (Å²) in [5, 5.41) is 10.8. The molecular weight excluding hydrogens is 250 g/mol. The lowest BCUT2D eigenvalue weighted by Gasteiger charge is -2.03. The van der Waals surface area contributed by atoms with Crippen LogP contribution < -0.4 is 4.74 Å². The summed E-state index contributed by atoms with van der Waals surface area (Å²) < 4.78 is 7.38. The number of aliphatic carboxylic acids is 1. The topological polar surface area (TPSA) is 51.5 Å². The van der Waals surface area contributed by atoms with Crippen LogP contribution in [0.3, 0.4) is 0 Å². The lowest BCUT2D eigenvalue weighted by molar-refractivity contribution is -0.136. The van der Waals surface area contributed by atoms with Crippen LogP contribution in [0.1, 0.15) is 6.42 Å². The Balaban J connectivity index is 2.29. The molecule has 0 aliphatic heterocycles. The second-order valence-corrected chi connectivity index (χ2v) is 5.04. The Labute approximate surface area is 110 Å². The van der Waals surface area contributed by atoms with Gasteiger partial charge < -0.3 is 14.4 Å². The van der Waals surface area contributed by atoms with Gasteiger partial charge in [0.25, 0.3) is 0 Å². The molecule has 1 aromatic heterocycles. The number of benzene rings is 1. The third-order valence-corrected chi connectivity index (χ3v) is 3.88. The molecule has 0 saturated heterocycles. The van der Waals surface area contributed by atoms with Crippen molar-refractivity contribution in [1.29, 1.82) is 0 Å². The first-order valence-corrected chi connectivity index (χ1v) is 6.59. The van der Waals surface area contributed by atoms with E-state index in [4.69, 9.17) is 9.84 Å². The molecule has 0 aliphatic carbocycles. The van der Waals surface area contributed by atoms with Crippen molar-refractivity contribution < 1.29 is 14.6 Å². The van der Waals surface area contributed by atoms with E-state index in [9.17, 15) is 4.79 Å². The number of carboxylic acids is 1. The number of hydrogen-bond acceptors (Lipinski definition) is 3. The Hall–Kier alpha value is -1.62. The number of thioether (sulfide) groups is 1. The van der Waals surface area contributed by atoms with E-state index in [-0.39, 0.29) is 6.42 Å². The van der Waals surface area contributed by atoms with Gasteiger partial charge in [-0.05, 0) is 18.2 Å². The largest absolute Gasteiger partial charge is 0.496 e. The van der Waals surface area contributed by atoms with Crippen LogP contribution in [0.25, 0.3) is 10.9 Å². The zero-order chi connectivity index (χ0) is 13.1. The van der Waals surface area contributed by atoms with E-state index in [0.717, 1.165) is 21.7 Å². The molecule has 18 heavy (non-hydrogen) atoms. The summed E-state index contributed by atoms with van der Waals surface area (Å²) in [4.78, 5) is 10.5. The third kappa shape index (κ3) is 2.46. The van der Waals surface area contributed by atoms with Gasteiger partial charge in [-0.15, -0.1) is 11.8 Å². The summed E-state index contributed by atoms with van der Waals surface area (Å²) in [6.45, 7) is 0. The van der Waals surface area contributed by atoms with Crippen LogP contribution in [0.5, 0.6) is 5.75 Å². The van der Waals surface area contributed by atoms with E-state index < -0.39 is 5.97 Å². The fourth-order valence-electron chi connectivity index (χ4n) is 1.87. The normalized spacial score (nSPS) is 10.8. The lowest BCUT2D eigenvalue weighted by atomic mass is 10.2. The van der Waals surface area contributed by atoms with Gasteiger partial charge >= 0.3 is 5.97 Å². The van der Waals surface area contributed by atoms with Crippen molar-refractivity contribution in [3.63, 3.8) is 0 Å². The molecule has 1 heterocycles. The van der Waals surface area contributed by atoms with Crippen LogP contribution >= 0.6 is 11.8 Å². The Morgan fingerprint density at radius 1 is 1.50 bits per heavy atom. The molecule has 0 spiro atoms. The second kappa shape index (κ2) is 5.35. The fourth-order valence-corrected chi connectivity index (χ4v) is 2.85. The van der Waals surface area contributed by atoms with Crippen LogP contribution in [0.4, 0.5) is 0 Å². The van der Waals surface area contributed by atoms with Gasteiger partial charge in [-0.25, -0.2) is 0 Å². The van der Waals surface area contributed by atoms with Crippen LogP contribution in [0, 0.1) is 0 Å². The molecule has 4 nitrogen and oxygen atoms in total. The highest BCUT2D eigenvalue weighted by Gasteiger charge is 2.10. The molecule has 0 unspecified atom stereocenters. The van der Waals surface area contributed by atoms with Gasteiger partial charge in [0.05, 0.1) is 24.1 Å². The number of aromatic nitrogens is 1. The molecule has 5 heteroatoms. The number of carbonyl (C=O) groups is 1. The van der Waals surface area contributed by atoms with Gasteiger partial charge in [-0.1, -0.05) is 6.07 Å². The molecule has 0 amide bonds. The van der Waals surface area contributed by atoms with Gasteiger partial charge in [-0.2, -0.15) is 0 Å². The molecular formula is C13H15NO3S. The second-order valence-electron chi connectivity index (χ2n) is 3.93. The molecule has 0 bridgehead atoms. The molecule has 0 radical (unpaired) electrons. The van der Waals surface area contributed by atoms with Gasteiger partial charge in [0.2, 0.25) is 0 Å². The van der Waals surface area contributed by atoms with Gasteiger partial charge in [0.15, 0.2) is 0 Å². The minimum absolute atomic E-state index is 0.170. The fraction of sp³-hybridized carbons (Fsp3) is 0.308. The molecule has 0 saturated carbocycles. The highest BCUT2D eigenvalue weighted by molar-refractivity contribution is 7.99. The molecule has 1 N–H and O–H groups in total. The first-order chi connectivity index (χ1) is 8.63. The highest BCUT2D eigenvalue weighted by atomic mass is 32.2. The van der Waals surface area contributed by atoms with Crippen molar-refractivity contribution >= 4 is 28.6 Å². The molecule has 0 atom stereocenters. The smallest absolute Gasteiger partial charge is 0.304 e. The van der Waals surface area contributed by atoms with Crippen LogP contribution in [-0.2, 0) is 11.8 Å². The number of nitrogens with zero attached hydrogens (tertiary/aromatic N) is 1. The monoisotopic (exact) mass is 265 g/mol. The average Bonchev–Trinajstić information content (AvgIpc) is 2.66. The summed E-state index contributed by atoms with van der Waals surface area (Å²) in [7, 11) is 3.63. The maximum Gasteiger partial charge on any atom is 0.304 e. The standard InChI is InChI=1S/C13H15NO3S/c1-14-10-4-3-5-11(17-2)9(10)8-12(14)18-7-6-13(15)16/h3-5,8H,6-7H2,1-2H3,(H,15,16). The quantitative estimate of drug-likeness (QED) is 0.845. The lowest BCUT2D eigenvalue weighted by Crippen LogP contribution is -1.97. The van der Waals surface area contributed by atoms with E-state index >= 15 is 0 Å². The van der Waals surface area contributed by atoms with Crippen LogP contribution in [-0.4, -0.2) is 28.5 Å². The number of aryl methyl sites for hydroxylation is 1. The summed E-state index contributed by atoms with van der Waals surface area (Å²) >= 11 is 1.55. The van der Waals surface area contributed by atoms with Crippen molar-refractivity contribution in [1.82, 2.24) is 4.57 Å². The Morgan fingerprint density at radius 2 is 2.28 bits per heavy atom. The average molecular weight is 265 g/mol. The van der Waals surface area contributed by atoms with E-state index in [2.05, 4.69) is 4.57 Å². The van der Waals surface area contributed by atoms with E-state index in [1.54, 1.807) is 18.9 Å². The van der Waals surface area contributed by atoms with E-state index in [0.29, 0.717) is 5.75 Å². The van der Waals surface area contributed by atoms with Crippen molar-refractivity contribution in [2.24, 2.45) is 7.05 Å². The maximum atomic E-state index is 10.5. The molecule has 1 aromatic carbocycles. The van der Waals surface area contributed by atoms with E-state index in [1.807, 2.05) is 31.3 Å². The van der Waals surface area contributed by atoms with Crippen molar-refractivity contribution in [2.45, 2.75) is 11.4 Å². The zero-order valence-corrected chi connectivity index (χ0v) is 11.2. The Kier molecular flexibility index (Phi) is 3.81.